The first-order valence-electron chi connectivity index (χ1n) is 7.64. The van der Waals surface area contributed by atoms with Crippen molar-refractivity contribution in [1.29, 1.82) is 0 Å². The summed E-state index contributed by atoms with van der Waals surface area (Å²) in [6, 6.07) is 15.5. The minimum Gasteiger partial charge on any atom is -0.340 e. The third kappa shape index (κ3) is 3.91. The summed E-state index contributed by atoms with van der Waals surface area (Å²) in [6.45, 7) is 2.50. The van der Waals surface area contributed by atoms with Crippen LogP contribution in [0.3, 0.4) is 0 Å². The number of aromatic nitrogens is 2. The van der Waals surface area contributed by atoms with Crippen molar-refractivity contribution in [1.82, 2.24) is 14.9 Å². The third-order valence-electron chi connectivity index (χ3n) is 3.70. The maximum absolute atomic E-state index is 12.6. The zero-order chi connectivity index (χ0) is 17.1. The van der Waals surface area contributed by atoms with E-state index in [4.69, 9.17) is 11.6 Å². The molecule has 6 heteroatoms. The molecule has 0 aliphatic rings. The fraction of sp³-hybridized carbons (Fsp3) is 0.222. The van der Waals surface area contributed by atoms with Gasteiger partial charge in [-0.1, -0.05) is 53.7 Å². The predicted octanol–water partition coefficient (Wildman–Crippen LogP) is 4.36. The molecule has 2 aromatic carbocycles. The largest absolute Gasteiger partial charge is 0.340 e. The van der Waals surface area contributed by atoms with E-state index < -0.39 is 0 Å². The number of halogens is 1. The number of thioether (sulfide) groups is 1. The molecular weight excluding hydrogens is 342 g/mol. The molecule has 1 aromatic heterocycles. The Balaban J connectivity index is 1.66. The summed E-state index contributed by atoms with van der Waals surface area (Å²) < 4.78 is 0. The van der Waals surface area contributed by atoms with Crippen molar-refractivity contribution in [3.05, 3.63) is 59.1 Å². The average molecular weight is 360 g/mol. The van der Waals surface area contributed by atoms with Gasteiger partial charge in [-0.15, -0.1) is 0 Å². The molecule has 124 valence electrons. The van der Waals surface area contributed by atoms with E-state index in [-0.39, 0.29) is 11.2 Å². The average Bonchev–Trinajstić information content (AvgIpc) is 2.96. The Morgan fingerprint density at radius 2 is 2.04 bits per heavy atom. The lowest BCUT2D eigenvalue weighted by Crippen LogP contribution is -2.32. The second-order valence-electron chi connectivity index (χ2n) is 5.64. The molecule has 1 atom stereocenters. The number of nitrogens with zero attached hydrogens (tertiary/aromatic N) is 2. The van der Waals surface area contributed by atoms with Gasteiger partial charge in [0.1, 0.15) is 0 Å². The lowest BCUT2D eigenvalue weighted by molar-refractivity contribution is -0.129. The van der Waals surface area contributed by atoms with Gasteiger partial charge in [0.2, 0.25) is 5.91 Å². The molecule has 0 aliphatic heterocycles. The van der Waals surface area contributed by atoms with Gasteiger partial charge in [-0.3, -0.25) is 4.79 Å². The molecule has 0 radical (unpaired) electrons. The number of carbonyl (C=O) groups excluding carboxylic acids is 1. The van der Waals surface area contributed by atoms with Crippen LogP contribution < -0.4 is 0 Å². The third-order valence-corrected chi connectivity index (χ3v) is 4.90. The number of rotatable bonds is 5. The smallest absolute Gasteiger partial charge is 0.235 e. The van der Waals surface area contributed by atoms with E-state index in [1.165, 1.54) is 11.8 Å². The van der Waals surface area contributed by atoms with E-state index in [2.05, 4.69) is 9.97 Å². The molecule has 3 aromatic rings. The Bertz CT molecular complexity index is 850. The maximum Gasteiger partial charge on any atom is 0.235 e. The predicted molar refractivity (Wildman–Crippen MR) is 99.3 cm³/mol. The molecule has 4 nitrogen and oxygen atoms in total. The Morgan fingerprint density at radius 3 is 2.79 bits per heavy atom. The molecule has 1 N–H and O–H groups in total. The Hall–Kier alpha value is -1.98. The van der Waals surface area contributed by atoms with Crippen LogP contribution in [0.2, 0.25) is 5.02 Å². The monoisotopic (exact) mass is 359 g/mol. The number of hydrogen-bond acceptors (Lipinski definition) is 3. The normalized spacial score (nSPS) is 12.3. The first-order valence-corrected chi connectivity index (χ1v) is 8.89. The standard InChI is InChI=1S/C18H18ClN3OS/c1-12(17(23)22(2)11-13-6-4-3-5-7-13)24-18-20-15-9-8-14(19)10-16(15)21-18/h3-10,12H,11H2,1-2H3,(H,20,21). The zero-order valence-corrected chi connectivity index (χ0v) is 15.1. The second kappa shape index (κ2) is 7.28. The van der Waals surface area contributed by atoms with Crippen LogP contribution in [0.4, 0.5) is 0 Å². The summed E-state index contributed by atoms with van der Waals surface area (Å²) in [5.74, 6) is 0.0716. The number of H-pyrrole nitrogens is 1. The van der Waals surface area contributed by atoms with E-state index in [0.717, 1.165) is 21.8 Å². The van der Waals surface area contributed by atoms with Gasteiger partial charge in [-0.2, -0.15) is 0 Å². The van der Waals surface area contributed by atoms with Crippen molar-refractivity contribution in [2.45, 2.75) is 23.9 Å². The first-order chi connectivity index (χ1) is 11.5. The van der Waals surface area contributed by atoms with Gasteiger partial charge in [0.15, 0.2) is 5.16 Å². The summed E-state index contributed by atoms with van der Waals surface area (Å²) in [6.07, 6.45) is 0. The molecule has 1 heterocycles. The molecule has 0 saturated heterocycles. The topological polar surface area (TPSA) is 49.0 Å². The molecular formula is C18H18ClN3OS. The molecule has 1 amide bonds. The molecule has 0 saturated carbocycles. The number of fused-ring (bicyclic) bond motifs is 1. The van der Waals surface area contributed by atoms with Crippen molar-refractivity contribution in [2.24, 2.45) is 0 Å². The number of hydrogen-bond donors (Lipinski definition) is 1. The van der Waals surface area contributed by atoms with Crippen LogP contribution in [0.15, 0.2) is 53.7 Å². The van der Waals surface area contributed by atoms with Crippen LogP contribution in [0.25, 0.3) is 11.0 Å². The summed E-state index contributed by atoms with van der Waals surface area (Å²) >= 11 is 7.41. The maximum atomic E-state index is 12.6. The molecule has 0 fully saturated rings. The van der Waals surface area contributed by atoms with Crippen LogP contribution >= 0.6 is 23.4 Å². The van der Waals surface area contributed by atoms with Crippen molar-refractivity contribution in [3.63, 3.8) is 0 Å². The highest BCUT2D eigenvalue weighted by molar-refractivity contribution is 8.00. The number of benzene rings is 2. The van der Waals surface area contributed by atoms with Gasteiger partial charge in [-0.25, -0.2) is 4.98 Å². The van der Waals surface area contributed by atoms with Crippen molar-refractivity contribution in [3.8, 4) is 0 Å². The van der Waals surface area contributed by atoms with Crippen molar-refractivity contribution in [2.75, 3.05) is 7.05 Å². The summed E-state index contributed by atoms with van der Waals surface area (Å²) in [7, 11) is 1.82. The zero-order valence-electron chi connectivity index (χ0n) is 13.5. The Kier molecular flexibility index (Phi) is 5.11. The number of nitrogens with one attached hydrogen (secondary N) is 1. The van der Waals surface area contributed by atoms with Gasteiger partial charge in [0.05, 0.1) is 16.3 Å². The minimum atomic E-state index is -0.227. The van der Waals surface area contributed by atoms with E-state index in [9.17, 15) is 4.79 Å². The summed E-state index contributed by atoms with van der Waals surface area (Å²) in [4.78, 5) is 22.0. The van der Waals surface area contributed by atoms with Crippen LogP contribution in [0.5, 0.6) is 0 Å². The molecule has 0 spiro atoms. The number of imidazole rings is 1. The highest BCUT2D eigenvalue weighted by atomic mass is 35.5. The Labute approximate surface area is 150 Å². The quantitative estimate of drug-likeness (QED) is 0.689. The van der Waals surface area contributed by atoms with Gasteiger partial charge in [0, 0.05) is 18.6 Å². The highest BCUT2D eigenvalue weighted by Gasteiger charge is 2.20. The summed E-state index contributed by atoms with van der Waals surface area (Å²) in [5.41, 5.74) is 2.84. The van der Waals surface area contributed by atoms with Crippen LogP contribution in [0, 0.1) is 0 Å². The van der Waals surface area contributed by atoms with E-state index in [1.807, 2.05) is 56.4 Å². The van der Waals surface area contributed by atoms with Gasteiger partial charge in [0.25, 0.3) is 0 Å². The van der Waals surface area contributed by atoms with E-state index in [1.54, 1.807) is 11.0 Å². The van der Waals surface area contributed by atoms with Crippen LogP contribution in [0.1, 0.15) is 12.5 Å². The second-order valence-corrected chi connectivity index (χ2v) is 7.41. The fourth-order valence-electron chi connectivity index (χ4n) is 2.48. The fourth-order valence-corrected chi connectivity index (χ4v) is 3.59. The van der Waals surface area contributed by atoms with Gasteiger partial charge < -0.3 is 9.88 Å². The number of carbonyl (C=O) groups is 1. The summed E-state index contributed by atoms with van der Waals surface area (Å²) in [5, 5.41) is 1.16. The van der Waals surface area contributed by atoms with Gasteiger partial charge in [-0.05, 0) is 30.7 Å². The van der Waals surface area contributed by atoms with Gasteiger partial charge >= 0.3 is 0 Å². The van der Waals surface area contributed by atoms with Crippen LogP contribution in [-0.2, 0) is 11.3 Å². The molecule has 0 aliphatic carbocycles. The van der Waals surface area contributed by atoms with Crippen LogP contribution in [-0.4, -0.2) is 33.1 Å². The molecule has 1 unspecified atom stereocenters. The lowest BCUT2D eigenvalue weighted by Gasteiger charge is -2.20. The number of aromatic amines is 1. The SMILES string of the molecule is CC(Sc1nc2ccc(Cl)cc2[nH]1)C(=O)N(C)Cc1ccccc1. The lowest BCUT2D eigenvalue weighted by atomic mass is 10.2. The molecule has 3 rings (SSSR count). The van der Waals surface area contributed by atoms with E-state index >= 15 is 0 Å². The minimum absolute atomic E-state index is 0.0716. The Morgan fingerprint density at radius 1 is 1.29 bits per heavy atom. The van der Waals surface area contributed by atoms with Crippen molar-refractivity contribution < 1.29 is 4.79 Å². The highest BCUT2D eigenvalue weighted by Crippen LogP contribution is 2.26. The molecule has 0 bridgehead atoms. The molecule has 24 heavy (non-hydrogen) atoms. The number of amides is 1. The van der Waals surface area contributed by atoms with Crippen molar-refractivity contribution >= 4 is 40.3 Å². The van der Waals surface area contributed by atoms with E-state index in [0.29, 0.717) is 11.6 Å². The first kappa shape index (κ1) is 16.9.